The first-order chi connectivity index (χ1) is 6.74. The molecule has 0 spiro atoms. The Hall–Kier alpha value is -1.22. The third kappa shape index (κ3) is 3.26. The van der Waals surface area contributed by atoms with Crippen LogP contribution >= 0.6 is 11.8 Å². The van der Waals surface area contributed by atoms with Crippen LogP contribution in [-0.4, -0.2) is 13.1 Å². The van der Waals surface area contributed by atoms with E-state index in [1.165, 1.54) is 30.5 Å². The van der Waals surface area contributed by atoms with Crippen molar-refractivity contribution >= 4 is 17.7 Å². The summed E-state index contributed by atoms with van der Waals surface area (Å²) in [7, 11) is 1.37. The highest BCUT2D eigenvalue weighted by molar-refractivity contribution is 8.02. The molecule has 0 saturated carbocycles. The van der Waals surface area contributed by atoms with Crippen LogP contribution in [-0.2, 0) is 9.53 Å². The van der Waals surface area contributed by atoms with E-state index < -0.39 is 0 Å². The number of rotatable bonds is 3. The maximum Gasteiger partial charge on any atom is 0.330 e. The molecule has 2 nitrogen and oxygen atoms in total. The van der Waals surface area contributed by atoms with Gasteiger partial charge in [0.25, 0.3) is 0 Å². The van der Waals surface area contributed by atoms with Gasteiger partial charge >= 0.3 is 5.97 Å². The van der Waals surface area contributed by atoms with Gasteiger partial charge in [0.2, 0.25) is 0 Å². The molecule has 14 heavy (non-hydrogen) atoms. The molecule has 0 bridgehead atoms. The number of carbonyl (C=O) groups is 1. The highest BCUT2D eigenvalue weighted by Crippen LogP contribution is 2.22. The first-order valence-corrected chi connectivity index (χ1v) is 5.09. The molecule has 0 aliphatic rings. The lowest BCUT2D eigenvalue weighted by atomic mass is 10.2. The standard InChI is InChI=1S/C11H12O2S/c1-9-5-3-4-6-10(9)14-8-7-11(12)13-2/h3-8H,1-2H3. The Morgan fingerprint density at radius 3 is 2.79 bits per heavy atom. The maximum absolute atomic E-state index is 10.8. The number of hydrogen-bond donors (Lipinski definition) is 0. The summed E-state index contributed by atoms with van der Waals surface area (Å²) in [5, 5.41) is 1.73. The Morgan fingerprint density at radius 1 is 1.43 bits per heavy atom. The lowest BCUT2D eigenvalue weighted by molar-refractivity contribution is -0.134. The molecular formula is C11H12O2S. The molecule has 3 heteroatoms. The summed E-state index contributed by atoms with van der Waals surface area (Å²) in [6.45, 7) is 2.04. The second-order valence-corrected chi connectivity index (χ2v) is 3.66. The van der Waals surface area contributed by atoms with Gasteiger partial charge in [-0.2, -0.15) is 0 Å². The molecule has 1 aromatic rings. The largest absolute Gasteiger partial charge is 0.466 e. The van der Waals surface area contributed by atoms with Gasteiger partial charge < -0.3 is 4.74 Å². The zero-order valence-electron chi connectivity index (χ0n) is 8.19. The van der Waals surface area contributed by atoms with Gasteiger partial charge in [0, 0.05) is 11.0 Å². The molecule has 0 aliphatic heterocycles. The van der Waals surface area contributed by atoms with Crippen molar-refractivity contribution in [2.75, 3.05) is 7.11 Å². The average Bonchev–Trinajstić information content (AvgIpc) is 2.20. The van der Waals surface area contributed by atoms with Crippen LogP contribution in [0.1, 0.15) is 5.56 Å². The van der Waals surface area contributed by atoms with E-state index in [2.05, 4.69) is 4.74 Å². The summed E-state index contributed by atoms with van der Waals surface area (Å²) in [4.78, 5) is 11.9. The van der Waals surface area contributed by atoms with Crippen molar-refractivity contribution in [1.29, 1.82) is 0 Å². The molecule has 0 atom stereocenters. The highest BCUT2D eigenvalue weighted by atomic mass is 32.2. The molecule has 0 heterocycles. The Bertz CT molecular complexity index is 345. The summed E-state index contributed by atoms with van der Waals surface area (Å²) < 4.78 is 4.48. The van der Waals surface area contributed by atoms with Crippen molar-refractivity contribution in [2.45, 2.75) is 11.8 Å². The molecule has 0 amide bonds. The molecule has 0 N–H and O–H groups in total. The molecule has 0 radical (unpaired) electrons. The van der Waals surface area contributed by atoms with Gasteiger partial charge in [-0.25, -0.2) is 4.79 Å². The summed E-state index contributed by atoms with van der Waals surface area (Å²) in [5.41, 5.74) is 1.20. The Morgan fingerprint density at radius 2 is 2.14 bits per heavy atom. The van der Waals surface area contributed by atoms with Crippen LogP contribution in [0.4, 0.5) is 0 Å². The number of esters is 1. The zero-order chi connectivity index (χ0) is 10.4. The molecule has 1 aromatic carbocycles. The number of methoxy groups -OCH3 is 1. The number of thioether (sulfide) groups is 1. The van der Waals surface area contributed by atoms with Crippen molar-refractivity contribution in [3.8, 4) is 0 Å². The van der Waals surface area contributed by atoms with Crippen LogP contribution in [0.5, 0.6) is 0 Å². The number of benzene rings is 1. The third-order valence-electron chi connectivity index (χ3n) is 1.69. The average molecular weight is 208 g/mol. The summed E-state index contributed by atoms with van der Waals surface area (Å²) in [6, 6.07) is 8.01. The topological polar surface area (TPSA) is 26.3 Å². The van der Waals surface area contributed by atoms with E-state index in [0.717, 1.165) is 4.90 Å². The number of ether oxygens (including phenoxy) is 1. The SMILES string of the molecule is COC(=O)C=CSc1ccccc1C. The molecule has 0 aromatic heterocycles. The fraction of sp³-hybridized carbons (Fsp3) is 0.182. The van der Waals surface area contributed by atoms with Gasteiger partial charge in [-0.15, -0.1) is 0 Å². The molecule has 0 aliphatic carbocycles. The van der Waals surface area contributed by atoms with Crippen molar-refractivity contribution in [3.05, 3.63) is 41.3 Å². The monoisotopic (exact) mass is 208 g/mol. The van der Waals surface area contributed by atoms with Crippen LogP contribution < -0.4 is 0 Å². The van der Waals surface area contributed by atoms with Crippen LogP contribution in [0.15, 0.2) is 40.6 Å². The minimum Gasteiger partial charge on any atom is -0.466 e. The van der Waals surface area contributed by atoms with Crippen LogP contribution in [0.2, 0.25) is 0 Å². The Kier molecular flexibility index (Phi) is 4.26. The van der Waals surface area contributed by atoms with Gasteiger partial charge in [0.1, 0.15) is 0 Å². The lowest BCUT2D eigenvalue weighted by Crippen LogP contribution is -1.92. The van der Waals surface area contributed by atoms with Gasteiger partial charge in [-0.1, -0.05) is 30.0 Å². The minimum atomic E-state index is -0.328. The molecular weight excluding hydrogens is 196 g/mol. The fourth-order valence-electron chi connectivity index (χ4n) is 0.920. The van der Waals surface area contributed by atoms with E-state index in [4.69, 9.17) is 0 Å². The second kappa shape index (κ2) is 5.50. The van der Waals surface area contributed by atoms with Gasteiger partial charge in [-0.05, 0) is 24.0 Å². The van der Waals surface area contributed by atoms with E-state index >= 15 is 0 Å². The zero-order valence-corrected chi connectivity index (χ0v) is 9.01. The second-order valence-electron chi connectivity index (χ2n) is 2.71. The number of aryl methyl sites for hydroxylation is 1. The molecule has 74 valence electrons. The Balaban J connectivity index is 2.58. The van der Waals surface area contributed by atoms with Gasteiger partial charge in [-0.3, -0.25) is 0 Å². The third-order valence-corrected chi connectivity index (χ3v) is 2.68. The van der Waals surface area contributed by atoms with E-state index in [0.29, 0.717) is 0 Å². The smallest absolute Gasteiger partial charge is 0.330 e. The molecule has 1 rings (SSSR count). The van der Waals surface area contributed by atoms with E-state index in [1.807, 2.05) is 31.2 Å². The predicted octanol–water partition coefficient (Wildman–Crippen LogP) is 2.77. The number of carbonyl (C=O) groups excluding carboxylic acids is 1. The first kappa shape index (κ1) is 10.9. The molecule has 0 unspecified atom stereocenters. The van der Waals surface area contributed by atoms with E-state index in [9.17, 15) is 4.79 Å². The van der Waals surface area contributed by atoms with Crippen molar-refractivity contribution in [2.24, 2.45) is 0 Å². The summed E-state index contributed by atoms with van der Waals surface area (Å²) in [6.07, 6.45) is 1.41. The first-order valence-electron chi connectivity index (χ1n) is 4.21. The number of hydrogen-bond acceptors (Lipinski definition) is 3. The van der Waals surface area contributed by atoms with E-state index in [1.54, 1.807) is 5.41 Å². The predicted molar refractivity (Wildman–Crippen MR) is 58.2 cm³/mol. The van der Waals surface area contributed by atoms with Crippen molar-refractivity contribution in [3.63, 3.8) is 0 Å². The van der Waals surface area contributed by atoms with Crippen LogP contribution in [0.3, 0.4) is 0 Å². The van der Waals surface area contributed by atoms with Crippen LogP contribution in [0, 0.1) is 6.92 Å². The molecule has 0 fully saturated rings. The van der Waals surface area contributed by atoms with Crippen molar-refractivity contribution < 1.29 is 9.53 Å². The summed E-state index contributed by atoms with van der Waals surface area (Å²) in [5.74, 6) is -0.328. The van der Waals surface area contributed by atoms with Crippen molar-refractivity contribution in [1.82, 2.24) is 0 Å². The summed E-state index contributed by atoms with van der Waals surface area (Å²) >= 11 is 1.51. The fourth-order valence-corrected chi connectivity index (χ4v) is 1.66. The highest BCUT2D eigenvalue weighted by Gasteiger charge is 1.95. The minimum absolute atomic E-state index is 0.328. The lowest BCUT2D eigenvalue weighted by Gasteiger charge is -1.99. The van der Waals surface area contributed by atoms with Gasteiger partial charge in [0.15, 0.2) is 0 Å². The quantitative estimate of drug-likeness (QED) is 0.434. The normalized spacial score (nSPS) is 10.4. The van der Waals surface area contributed by atoms with Crippen LogP contribution in [0.25, 0.3) is 0 Å². The Labute approximate surface area is 88.0 Å². The van der Waals surface area contributed by atoms with E-state index in [-0.39, 0.29) is 5.97 Å². The maximum atomic E-state index is 10.8. The van der Waals surface area contributed by atoms with Gasteiger partial charge in [0.05, 0.1) is 7.11 Å². The molecule has 0 saturated heterocycles.